The summed E-state index contributed by atoms with van der Waals surface area (Å²) in [6.07, 6.45) is -0.314. The van der Waals surface area contributed by atoms with Crippen LogP contribution in [0.25, 0.3) is 0 Å². The van der Waals surface area contributed by atoms with Crippen molar-refractivity contribution in [1.82, 2.24) is 4.90 Å². The third-order valence-electron chi connectivity index (χ3n) is 3.13. The van der Waals surface area contributed by atoms with Gasteiger partial charge in [0.05, 0.1) is 30.9 Å². The van der Waals surface area contributed by atoms with Crippen molar-refractivity contribution in [3.05, 3.63) is 33.3 Å². The van der Waals surface area contributed by atoms with E-state index in [2.05, 4.69) is 15.9 Å². The minimum atomic E-state index is -0.314. The molecule has 1 aliphatic rings. The number of hydrogen-bond donors (Lipinski definition) is 1. The Bertz CT molecular complexity index is 483. The molecule has 0 aromatic heterocycles. The van der Waals surface area contributed by atoms with Gasteiger partial charge in [-0.2, -0.15) is 0 Å². The number of hydrogen-bond acceptors (Lipinski definition) is 3. The molecule has 1 saturated heterocycles. The van der Waals surface area contributed by atoms with Crippen LogP contribution in [0.4, 0.5) is 0 Å². The summed E-state index contributed by atoms with van der Waals surface area (Å²) in [5.74, 6) is -0.0854. The molecule has 0 radical (unpaired) electrons. The fourth-order valence-corrected chi connectivity index (χ4v) is 2.88. The Labute approximate surface area is 125 Å². The van der Waals surface area contributed by atoms with Gasteiger partial charge in [-0.1, -0.05) is 11.6 Å². The molecule has 6 heteroatoms. The lowest BCUT2D eigenvalue weighted by Crippen LogP contribution is -2.52. The van der Waals surface area contributed by atoms with Crippen LogP contribution in [0.3, 0.4) is 0 Å². The SMILES string of the molecule is C[C@H]1CO[C@H](CO)CN1C(=O)c1ccc(Cl)cc1Br. The predicted molar refractivity (Wildman–Crippen MR) is 76.5 cm³/mol. The van der Waals surface area contributed by atoms with Crippen LogP contribution in [-0.2, 0) is 4.74 Å². The lowest BCUT2D eigenvalue weighted by Gasteiger charge is -2.37. The van der Waals surface area contributed by atoms with E-state index in [1.54, 1.807) is 23.1 Å². The molecular formula is C13H15BrClNO3. The van der Waals surface area contributed by atoms with E-state index in [1.807, 2.05) is 6.92 Å². The molecular weight excluding hydrogens is 334 g/mol. The van der Waals surface area contributed by atoms with Crippen molar-refractivity contribution in [2.24, 2.45) is 0 Å². The minimum absolute atomic E-state index is 0.0159. The normalized spacial score (nSPS) is 23.5. The number of nitrogens with zero attached hydrogens (tertiary/aromatic N) is 1. The quantitative estimate of drug-likeness (QED) is 0.892. The Hall–Kier alpha value is -0.620. The molecule has 2 atom stereocenters. The Morgan fingerprint density at radius 1 is 1.63 bits per heavy atom. The van der Waals surface area contributed by atoms with Crippen LogP contribution in [0, 0.1) is 0 Å². The molecule has 0 unspecified atom stereocenters. The van der Waals surface area contributed by atoms with Gasteiger partial charge in [0.2, 0.25) is 0 Å². The van der Waals surface area contributed by atoms with Gasteiger partial charge in [-0.05, 0) is 41.1 Å². The summed E-state index contributed by atoms with van der Waals surface area (Å²) in [5, 5.41) is 9.72. The van der Waals surface area contributed by atoms with Crippen LogP contribution in [0.15, 0.2) is 22.7 Å². The molecule has 1 aromatic rings. The van der Waals surface area contributed by atoms with Crippen LogP contribution in [0.5, 0.6) is 0 Å². The maximum absolute atomic E-state index is 12.5. The summed E-state index contributed by atoms with van der Waals surface area (Å²) in [7, 11) is 0. The second-order valence-electron chi connectivity index (χ2n) is 4.57. The summed E-state index contributed by atoms with van der Waals surface area (Å²) in [4.78, 5) is 14.2. The molecule has 0 saturated carbocycles. The first-order valence-corrected chi connectivity index (χ1v) is 7.18. The first-order valence-electron chi connectivity index (χ1n) is 6.01. The zero-order valence-electron chi connectivity index (χ0n) is 10.5. The van der Waals surface area contributed by atoms with E-state index in [0.717, 1.165) is 0 Å². The largest absolute Gasteiger partial charge is 0.394 e. The van der Waals surface area contributed by atoms with E-state index in [9.17, 15) is 4.79 Å². The minimum Gasteiger partial charge on any atom is -0.394 e. The zero-order valence-corrected chi connectivity index (χ0v) is 12.8. The molecule has 4 nitrogen and oxygen atoms in total. The number of aliphatic hydroxyl groups excluding tert-OH is 1. The van der Waals surface area contributed by atoms with Crippen LogP contribution in [-0.4, -0.2) is 47.8 Å². The molecule has 1 fully saturated rings. The number of morpholine rings is 1. The second-order valence-corrected chi connectivity index (χ2v) is 5.86. The highest BCUT2D eigenvalue weighted by molar-refractivity contribution is 9.10. The highest BCUT2D eigenvalue weighted by Gasteiger charge is 2.30. The van der Waals surface area contributed by atoms with Gasteiger partial charge in [-0.15, -0.1) is 0 Å². The average molecular weight is 349 g/mol. The van der Waals surface area contributed by atoms with Crippen LogP contribution >= 0.6 is 27.5 Å². The van der Waals surface area contributed by atoms with E-state index in [1.165, 1.54) is 0 Å². The van der Waals surface area contributed by atoms with Crippen molar-refractivity contribution >= 4 is 33.4 Å². The summed E-state index contributed by atoms with van der Waals surface area (Å²) in [6.45, 7) is 2.67. The maximum atomic E-state index is 12.5. The molecule has 1 amide bonds. The summed E-state index contributed by atoms with van der Waals surface area (Å²) in [5.41, 5.74) is 0.565. The molecule has 19 heavy (non-hydrogen) atoms. The first kappa shape index (κ1) is 14.8. The van der Waals surface area contributed by atoms with Crippen LogP contribution < -0.4 is 0 Å². The number of ether oxygens (including phenoxy) is 1. The van der Waals surface area contributed by atoms with Gasteiger partial charge < -0.3 is 14.7 Å². The fourth-order valence-electron chi connectivity index (χ4n) is 2.03. The molecule has 1 heterocycles. The lowest BCUT2D eigenvalue weighted by molar-refractivity contribution is -0.0667. The number of halogens is 2. The van der Waals surface area contributed by atoms with Gasteiger partial charge in [0.1, 0.15) is 0 Å². The highest BCUT2D eigenvalue weighted by atomic mass is 79.9. The number of aliphatic hydroxyl groups is 1. The van der Waals surface area contributed by atoms with Gasteiger partial charge in [-0.25, -0.2) is 0 Å². The van der Waals surface area contributed by atoms with Gasteiger partial charge in [0.15, 0.2) is 0 Å². The summed E-state index contributed by atoms with van der Waals surface area (Å²) >= 11 is 9.23. The highest BCUT2D eigenvalue weighted by Crippen LogP contribution is 2.24. The standard InChI is InChI=1S/C13H15BrClNO3/c1-8-7-19-10(6-17)5-16(8)13(18)11-3-2-9(15)4-12(11)14/h2-4,8,10,17H,5-7H2,1H3/t8-,10-/m0/s1. The van der Waals surface area contributed by atoms with Crippen molar-refractivity contribution in [3.63, 3.8) is 0 Å². The van der Waals surface area contributed by atoms with Crippen molar-refractivity contribution in [3.8, 4) is 0 Å². The molecule has 0 aliphatic carbocycles. The monoisotopic (exact) mass is 347 g/mol. The third kappa shape index (κ3) is 3.28. The van der Waals surface area contributed by atoms with Crippen molar-refractivity contribution in [2.75, 3.05) is 19.8 Å². The number of rotatable bonds is 2. The number of amides is 1. The Morgan fingerprint density at radius 2 is 2.37 bits per heavy atom. The second kappa shape index (κ2) is 6.22. The lowest BCUT2D eigenvalue weighted by atomic mass is 10.1. The Kier molecular flexibility index (Phi) is 4.84. The van der Waals surface area contributed by atoms with Gasteiger partial charge >= 0.3 is 0 Å². The Morgan fingerprint density at radius 3 is 3.00 bits per heavy atom. The molecule has 0 bridgehead atoms. The van der Waals surface area contributed by atoms with Gasteiger partial charge in [0.25, 0.3) is 5.91 Å². The van der Waals surface area contributed by atoms with Crippen molar-refractivity contribution < 1.29 is 14.6 Å². The third-order valence-corrected chi connectivity index (χ3v) is 4.02. The summed E-state index contributed by atoms with van der Waals surface area (Å²) < 4.78 is 6.10. The molecule has 0 spiro atoms. The zero-order chi connectivity index (χ0) is 14.0. The number of carbonyl (C=O) groups excluding carboxylic acids is 1. The number of carbonyl (C=O) groups is 1. The summed E-state index contributed by atoms with van der Waals surface area (Å²) in [6, 6.07) is 5.07. The van der Waals surface area contributed by atoms with Gasteiger partial charge in [0, 0.05) is 16.0 Å². The predicted octanol–water partition coefficient (Wildman–Crippen LogP) is 2.32. The first-order chi connectivity index (χ1) is 9.02. The van der Waals surface area contributed by atoms with Crippen molar-refractivity contribution in [1.29, 1.82) is 0 Å². The van der Waals surface area contributed by atoms with Crippen molar-refractivity contribution in [2.45, 2.75) is 19.1 Å². The maximum Gasteiger partial charge on any atom is 0.255 e. The van der Waals surface area contributed by atoms with E-state index in [4.69, 9.17) is 21.4 Å². The molecule has 2 rings (SSSR count). The van der Waals surface area contributed by atoms with Crippen LogP contribution in [0.2, 0.25) is 5.02 Å². The average Bonchev–Trinajstić information content (AvgIpc) is 2.38. The van der Waals surface area contributed by atoms with E-state index in [0.29, 0.717) is 28.2 Å². The van der Waals surface area contributed by atoms with E-state index >= 15 is 0 Å². The number of benzene rings is 1. The topological polar surface area (TPSA) is 49.8 Å². The Balaban J connectivity index is 2.22. The molecule has 104 valence electrons. The molecule has 1 N–H and O–H groups in total. The van der Waals surface area contributed by atoms with E-state index in [-0.39, 0.29) is 24.7 Å². The van der Waals surface area contributed by atoms with Crippen LogP contribution in [0.1, 0.15) is 17.3 Å². The smallest absolute Gasteiger partial charge is 0.255 e. The van der Waals surface area contributed by atoms with Gasteiger partial charge in [-0.3, -0.25) is 4.79 Å². The van der Waals surface area contributed by atoms with E-state index < -0.39 is 0 Å². The fraction of sp³-hybridized carbons (Fsp3) is 0.462. The molecule has 1 aliphatic heterocycles. The molecule has 1 aromatic carbocycles.